The molecule has 24 heavy (non-hydrogen) atoms. The monoisotopic (exact) mass is 346 g/mol. The fourth-order valence-corrected chi connectivity index (χ4v) is 3.47. The van der Waals surface area contributed by atoms with Gasteiger partial charge in [0.25, 0.3) is 0 Å². The van der Waals surface area contributed by atoms with E-state index in [1.165, 1.54) is 0 Å². The van der Waals surface area contributed by atoms with E-state index in [1.54, 1.807) is 6.20 Å². The van der Waals surface area contributed by atoms with Crippen molar-refractivity contribution in [3.8, 4) is 22.6 Å². The Bertz CT molecular complexity index is 744. The highest BCUT2D eigenvalue weighted by atomic mass is 35.5. The quantitative estimate of drug-likeness (QED) is 0.869. The van der Waals surface area contributed by atoms with Crippen LogP contribution in [-0.2, 0) is 6.61 Å². The first-order valence-electron chi connectivity index (χ1n) is 8.17. The van der Waals surface area contributed by atoms with Crippen LogP contribution in [0.3, 0.4) is 0 Å². The Kier molecular flexibility index (Phi) is 4.70. The maximum Gasteiger partial charge on any atom is 0.150 e. The summed E-state index contributed by atoms with van der Waals surface area (Å²) in [6, 6.07) is 5.84. The second kappa shape index (κ2) is 6.61. The van der Waals surface area contributed by atoms with Crippen LogP contribution in [0.25, 0.3) is 11.1 Å². The van der Waals surface area contributed by atoms with Gasteiger partial charge >= 0.3 is 0 Å². The van der Waals surface area contributed by atoms with E-state index in [9.17, 15) is 0 Å². The van der Waals surface area contributed by atoms with Crippen LogP contribution in [0.15, 0.2) is 30.6 Å². The minimum Gasteiger partial charge on any atom is -0.490 e. The van der Waals surface area contributed by atoms with Crippen LogP contribution in [0.4, 0.5) is 0 Å². The van der Waals surface area contributed by atoms with Crippen molar-refractivity contribution >= 4 is 11.6 Å². The van der Waals surface area contributed by atoms with Gasteiger partial charge in [0, 0.05) is 29.1 Å². The standard InChI is InChI=1S/C19H23ClN2O2/c1-12(2)8-19(3,21)11-24-16-5-4-15-14-6-7-22-9-13(14)10-23-18(15)17(16)20/h4-7,9,12H,8,10-11,21H2,1-3H3. The predicted molar refractivity (Wildman–Crippen MR) is 96.6 cm³/mol. The summed E-state index contributed by atoms with van der Waals surface area (Å²) in [5, 5.41) is 0.496. The number of nitrogens with two attached hydrogens (primary N) is 1. The minimum absolute atomic E-state index is 0.396. The molecule has 1 aromatic carbocycles. The molecule has 1 atom stereocenters. The molecule has 0 bridgehead atoms. The number of pyridine rings is 1. The molecule has 1 aliphatic rings. The van der Waals surface area contributed by atoms with Crippen LogP contribution in [0.1, 0.15) is 32.8 Å². The van der Waals surface area contributed by atoms with Crippen molar-refractivity contribution in [3.05, 3.63) is 41.2 Å². The van der Waals surface area contributed by atoms with Crippen LogP contribution in [0.5, 0.6) is 11.5 Å². The van der Waals surface area contributed by atoms with Crippen LogP contribution < -0.4 is 15.2 Å². The zero-order valence-electron chi connectivity index (χ0n) is 14.3. The normalized spacial score (nSPS) is 15.2. The van der Waals surface area contributed by atoms with Gasteiger partial charge in [-0.1, -0.05) is 25.4 Å². The van der Waals surface area contributed by atoms with Crippen molar-refractivity contribution in [2.45, 2.75) is 39.3 Å². The second-order valence-corrected chi connectivity index (χ2v) is 7.49. The molecule has 0 saturated heterocycles. The van der Waals surface area contributed by atoms with Gasteiger partial charge in [0.2, 0.25) is 0 Å². The van der Waals surface area contributed by atoms with Crippen molar-refractivity contribution < 1.29 is 9.47 Å². The van der Waals surface area contributed by atoms with Gasteiger partial charge < -0.3 is 15.2 Å². The van der Waals surface area contributed by atoms with Crippen molar-refractivity contribution in [3.63, 3.8) is 0 Å². The van der Waals surface area contributed by atoms with E-state index in [0.29, 0.717) is 35.7 Å². The largest absolute Gasteiger partial charge is 0.490 e. The molecule has 0 amide bonds. The molecular formula is C19H23ClN2O2. The lowest BCUT2D eigenvalue weighted by Crippen LogP contribution is -2.43. The van der Waals surface area contributed by atoms with E-state index in [2.05, 4.69) is 18.8 Å². The van der Waals surface area contributed by atoms with E-state index < -0.39 is 5.54 Å². The van der Waals surface area contributed by atoms with Gasteiger partial charge in [-0.25, -0.2) is 0 Å². The summed E-state index contributed by atoms with van der Waals surface area (Å²) in [4.78, 5) is 4.14. The van der Waals surface area contributed by atoms with Gasteiger partial charge in [-0.05, 0) is 43.0 Å². The molecular weight excluding hydrogens is 324 g/mol. The Hall–Kier alpha value is -1.78. The molecule has 2 aromatic rings. The maximum atomic E-state index is 6.52. The third-order valence-corrected chi connectivity index (χ3v) is 4.42. The molecule has 0 aliphatic carbocycles. The molecule has 0 radical (unpaired) electrons. The average Bonchev–Trinajstić information content (AvgIpc) is 2.53. The highest BCUT2D eigenvalue weighted by Crippen LogP contribution is 2.45. The maximum absolute atomic E-state index is 6.52. The Morgan fingerprint density at radius 2 is 2.12 bits per heavy atom. The molecule has 2 heterocycles. The van der Waals surface area contributed by atoms with Gasteiger partial charge in [-0.2, -0.15) is 0 Å². The lowest BCUT2D eigenvalue weighted by atomic mass is 9.93. The van der Waals surface area contributed by atoms with Crippen LogP contribution in [0, 0.1) is 5.92 Å². The zero-order valence-corrected chi connectivity index (χ0v) is 15.1. The first kappa shape index (κ1) is 17.1. The fourth-order valence-electron chi connectivity index (χ4n) is 3.19. The van der Waals surface area contributed by atoms with Crippen LogP contribution in [0.2, 0.25) is 5.02 Å². The van der Waals surface area contributed by atoms with E-state index in [0.717, 1.165) is 23.1 Å². The molecule has 1 aromatic heterocycles. The number of fused-ring (bicyclic) bond motifs is 3. The summed E-state index contributed by atoms with van der Waals surface area (Å²) in [6.07, 6.45) is 4.48. The van der Waals surface area contributed by atoms with Gasteiger partial charge in [0.05, 0.1) is 0 Å². The number of halogens is 1. The minimum atomic E-state index is -0.396. The van der Waals surface area contributed by atoms with Crippen molar-refractivity contribution in [1.82, 2.24) is 4.98 Å². The van der Waals surface area contributed by atoms with Crippen molar-refractivity contribution in [2.75, 3.05) is 6.61 Å². The first-order chi connectivity index (χ1) is 11.4. The molecule has 128 valence electrons. The summed E-state index contributed by atoms with van der Waals surface area (Å²) in [6.45, 7) is 7.17. The Balaban J connectivity index is 1.84. The first-order valence-corrected chi connectivity index (χ1v) is 8.55. The SMILES string of the molecule is CC(C)CC(C)(N)COc1ccc2c(c1Cl)OCc1cnccc1-2. The van der Waals surface area contributed by atoms with Crippen molar-refractivity contribution in [2.24, 2.45) is 11.7 Å². The fraction of sp³-hybridized carbons (Fsp3) is 0.421. The molecule has 1 aliphatic heterocycles. The van der Waals surface area contributed by atoms with Gasteiger partial charge in [-0.15, -0.1) is 0 Å². The predicted octanol–water partition coefficient (Wildman–Crippen LogP) is 4.44. The third kappa shape index (κ3) is 3.50. The summed E-state index contributed by atoms with van der Waals surface area (Å²) in [5.74, 6) is 1.78. The molecule has 0 saturated carbocycles. The number of benzene rings is 1. The molecule has 0 fully saturated rings. The summed E-state index contributed by atoms with van der Waals surface area (Å²) >= 11 is 6.52. The van der Waals surface area contributed by atoms with E-state index in [1.807, 2.05) is 31.3 Å². The van der Waals surface area contributed by atoms with Crippen LogP contribution in [-0.4, -0.2) is 17.1 Å². The summed E-state index contributed by atoms with van der Waals surface area (Å²) in [5.41, 5.74) is 9.04. The van der Waals surface area contributed by atoms with Crippen LogP contribution >= 0.6 is 11.6 Å². The zero-order chi connectivity index (χ0) is 17.3. The molecule has 2 N–H and O–H groups in total. The molecule has 5 heteroatoms. The Labute approximate surface area is 147 Å². The number of hydrogen-bond donors (Lipinski definition) is 1. The summed E-state index contributed by atoms with van der Waals surface area (Å²) in [7, 11) is 0. The molecule has 0 spiro atoms. The molecule has 1 unspecified atom stereocenters. The van der Waals surface area contributed by atoms with Gasteiger partial charge in [0.15, 0.2) is 0 Å². The van der Waals surface area contributed by atoms with Gasteiger partial charge in [0.1, 0.15) is 29.7 Å². The number of nitrogens with zero attached hydrogens (tertiary/aromatic N) is 1. The smallest absolute Gasteiger partial charge is 0.150 e. The van der Waals surface area contributed by atoms with E-state index >= 15 is 0 Å². The molecule has 3 rings (SSSR count). The highest BCUT2D eigenvalue weighted by Gasteiger charge is 2.25. The average molecular weight is 347 g/mol. The topological polar surface area (TPSA) is 57.4 Å². The highest BCUT2D eigenvalue weighted by molar-refractivity contribution is 6.34. The lowest BCUT2D eigenvalue weighted by molar-refractivity contribution is 0.205. The Morgan fingerprint density at radius 3 is 2.88 bits per heavy atom. The Morgan fingerprint density at radius 1 is 1.33 bits per heavy atom. The second-order valence-electron chi connectivity index (χ2n) is 7.12. The molecule has 4 nitrogen and oxygen atoms in total. The summed E-state index contributed by atoms with van der Waals surface area (Å²) < 4.78 is 11.7. The number of aromatic nitrogens is 1. The van der Waals surface area contributed by atoms with Crippen molar-refractivity contribution in [1.29, 1.82) is 0 Å². The van der Waals surface area contributed by atoms with E-state index in [-0.39, 0.29) is 0 Å². The number of rotatable bonds is 5. The number of ether oxygens (including phenoxy) is 2. The lowest BCUT2D eigenvalue weighted by Gasteiger charge is -2.28. The van der Waals surface area contributed by atoms with Gasteiger partial charge in [-0.3, -0.25) is 4.98 Å². The van der Waals surface area contributed by atoms with E-state index in [4.69, 9.17) is 26.8 Å². The number of hydrogen-bond acceptors (Lipinski definition) is 4. The third-order valence-electron chi connectivity index (χ3n) is 4.06.